The van der Waals surface area contributed by atoms with Gasteiger partial charge in [-0.1, -0.05) is 23.7 Å². The second kappa shape index (κ2) is 6.42. The Morgan fingerprint density at radius 3 is 2.57 bits per heavy atom. The number of fused-ring (bicyclic) bond motifs is 1. The number of ether oxygens (including phenoxy) is 1. The monoisotopic (exact) mass is 403 g/mol. The minimum Gasteiger partial charge on any atom is -0.495 e. The van der Waals surface area contributed by atoms with Crippen molar-refractivity contribution in [1.82, 2.24) is 15.2 Å². The summed E-state index contributed by atoms with van der Waals surface area (Å²) in [6, 6.07) is 7.78. The number of amides is 3. The van der Waals surface area contributed by atoms with Gasteiger partial charge in [-0.05, 0) is 29.8 Å². The number of halogens is 2. The zero-order valence-electron chi connectivity index (χ0n) is 14.6. The molecule has 3 aromatic rings. The van der Waals surface area contributed by atoms with Gasteiger partial charge in [-0.25, -0.2) is 9.18 Å². The largest absolute Gasteiger partial charge is 0.495 e. The Hall–Kier alpha value is -3.26. The van der Waals surface area contributed by atoms with E-state index in [0.717, 1.165) is 0 Å². The molecule has 3 amide bonds. The second-order valence-electron chi connectivity index (χ2n) is 6.48. The van der Waals surface area contributed by atoms with E-state index in [1.807, 2.05) is 0 Å². The van der Waals surface area contributed by atoms with Gasteiger partial charge in [-0.15, -0.1) is 0 Å². The van der Waals surface area contributed by atoms with Crippen LogP contribution >= 0.6 is 11.6 Å². The van der Waals surface area contributed by atoms with E-state index in [0.29, 0.717) is 27.1 Å². The van der Waals surface area contributed by atoms with Crippen LogP contribution in [0.25, 0.3) is 10.8 Å². The zero-order chi connectivity index (χ0) is 20.1. The molecule has 7 nitrogen and oxygen atoms in total. The van der Waals surface area contributed by atoms with Gasteiger partial charge in [0.15, 0.2) is 11.4 Å². The number of imide groups is 1. The average Bonchev–Trinajstić information content (AvgIpc) is 3.11. The van der Waals surface area contributed by atoms with Gasteiger partial charge in [-0.2, -0.15) is 0 Å². The van der Waals surface area contributed by atoms with Crippen LogP contribution in [0.2, 0.25) is 5.02 Å². The minimum atomic E-state index is -1.51. The van der Waals surface area contributed by atoms with E-state index < -0.39 is 23.3 Å². The van der Waals surface area contributed by atoms with Gasteiger partial charge in [0.05, 0.1) is 18.7 Å². The molecule has 1 fully saturated rings. The lowest BCUT2D eigenvalue weighted by atomic mass is 9.89. The maximum Gasteiger partial charge on any atom is 0.322 e. The first-order valence-corrected chi connectivity index (χ1v) is 8.67. The Morgan fingerprint density at radius 2 is 1.96 bits per heavy atom. The quantitative estimate of drug-likeness (QED) is 0.584. The van der Waals surface area contributed by atoms with E-state index in [4.69, 9.17) is 16.3 Å². The zero-order valence-corrected chi connectivity index (χ0v) is 15.4. The average molecular weight is 404 g/mol. The number of methoxy groups -OCH3 is 1. The second-order valence-corrected chi connectivity index (χ2v) is 6.88. The van der Waals surface area contributed by atoms with Crippen LogP contribution < -0.4 is 15.4 Å². The van der Waals surface area contributed by atoms with Crippen molar-refractivity contribution in [2.45, 2.75) is 12.1 Å². The van der Waals surface area contributed by atoms with E-state index in [1.54, 1.807) is 18.3 Å². The number of hydrogen-bond acceptors (Lipinski definition) is 4. The summed E-state index contributed by atoms with van der Waals surface area (Å²) in [4.78, 5) is 24.5. The molecule has 3 N–H and O–H groups in total. The number of benzene rings is 2. The Kier molecular flexibility index (Phi) is 4.15. The van der Waals surface area contributed by atoms with Gasteiger partial charge < -0.3 is 19.7 Å². The molecular weight excluding hydrogens is 389 g/mol. The lowest BCUT2D eigenvalue weighted by Gasteiger charge is -2.27. The van der Waals surface area contributed by atoms with E-state index in [1.165, 1.54) is 35.9 Å². The summed E-state index contributed by atoms with van der Waals surface area (Å²) in [6.07, 6.45) is 1.62. The molecule has 0 unspecified atom stereocenters. The molecule has 4 rings (SSSR count). The highest BCUT2D eigenvalue weighted by Gasteiger charge is 2.48. The van der Waals surface area contributed by atoms with Crippen molar-refractivity contribution in [1.29, 1.82) is 0 Å². The summed E-state index contributed by atoms with van der Waals surface area (Å²) in [5.41, 5.74) is -1.13. The summed E-state index contributed by atoms with van der Waals surface area (Å²) < 4.78 is 20.0. The van der Waals surface area contributed by atoms with Crippen LogP contribution in [-0.4, -0.2) is 28.7 Å². The predicted octanol–water partition coefficient (Wildman–Crippen LogP) is 2.88. The number of carbonyl (C=O) groups is 2. The molecular formula is C19H15ClFN3O4. The summed E-state index contributed by atoms with van der Waals surface area (Å²) in [5.74, 6) is -0.765. The Labute approximate surface area is 163 Å². The molecule has 1 saturated heterocycles. The van der Waals surface area contributed by atoms with Crippen LogP contribution in [0.15, 0.2) is 42.6 Å². The third-order valence-corrected chi connectivity index (χ3v) is 5.11. The van der Waals surface area contributed by atoms with Crippen LogP contribution in [0.3, 0.4) is 0 Å². The fraction of sp³-hybridized carbons (Fsp3) is 0.158. The lowest BCUT2D eigenvalue weighted by molar-refractivity contribution is -0.124. The van der Waals surface area contributed by atoms with Crippen molar-refractivity contribution in [2.24, 2.45) is 0 Å². The molecule has 0 spiro atoms. The van der Waals surface area contributed by atoms with E-state index in [9.17, 15) is 19.1 Å². The molecule has 0 radical (unpaired) electrons. The maximum atomic E-state index is 13.4. The summed E-state index contributed by atoms with van der Waals surface area (Å²) in [6.45, 7) is -0.114. The fourth-order valence-corrected chi connectivity index (χ4v) is 3.66. The highest BCUT2D eigenvalue weighted by Crippen LogP contribution is 2.37. The molecule has 0 bridgehead atoms. The molecule has 28 heavy (non-hydrogen) atoms. The van der Waals surface area contributed by atoms with Crippen molar-refractivity contribution >= 4 is 34.3 Å². The predicted molar refractivity (Wildman–Crippen MR) is 99.9 cm³/mol. The van der Waals surface area contributed by atoms with Crippen molar-refractivity contribution in [2.75, 3.05) is 7.11 Å². The minimum absolute atomic E-state index is 0.114. The normalized spacial score (nSPS) is 19.0. The molecule has 9 heteroatoms. The third-order valence-electron chi connectivity index (χ3n) is 4.82. The Bertz CT molecular complexity index is 1110. The number of aromatic hydroxyl groups is 1. The van der Waals surface area contributed by atoms with E-state index >= 15 is 0 Å². The van der Waals surface area contributed by atoms with Crippen molar-refractivity contribution in [3.8, 4) is 11.6 Å². The van der Waals surface area contributed by atoms with Crippen molar-refractivity contribution < 1.29 is 23.8 Å². The van der Waals surface area contributed by atoms with Gasteiger partial charge in [0, 0.05) is 17.0 Å². The van der Waals surface area contributed by atoms with Crippen LogP contribution in [0.1, 0.15) is 5.56 Å². The highest BCUT2D eigenvalue weighted by atomic mass is 35.5. The molecule has 1 aromatic heterocycles. The number of nitrogens with one attached hydrogen (secondary N) is 2. The summed E-state index contributed by atoms with van der Waals surface area (Å²) in [5, 5.41) is 16.9. The van der Waals surface area contributed by atoms with Gasteiger partial charge in [0.1, 0.15) is 11.6 Å². The van der Waals surface area contributed by atoms with Crippen LogP contribution in [0.5, 0.6) is 11.6 Å². The number of urea groups is 1. The Balaban J connectivity index is 1.84. The molecule has 0 aliphatic carbocycles. The first-order valence-electron chi connectivity index (χ1n) is 8.29. The van der Waals surface area contributed by atoms with Gasteiger partial charge in [-0.3, -0.25) is 10.1 Å². The number of aromatic nitrogens is 1. The Morgan fingerprint density at radius 1 is 1.25 bits per heavy atom. The summed E-state index contributed by atoms with van der Waals surface area (Å²) in [7, 11) is 1.48. The van der Waals surface area contributed by atoms with Crippen LogP contribution in [0.4, 0.5) is 9.18 Å². The van der Waals surface area contributed by atoms with E-state index in [-0.39, 0.29) is 12.4 Å². The van der Waals surface area contributed by atoms with Gasteiger partial charge in [0.2, 0.25) is 0 Å². The first-order chi connectivity index (χ1) is 13.3. The standard InChI is InChI=1S/C19H15ClFN3O4/c1-28-15-6-10-8-24(16(25)13(10)7-14(15)20)9-19(17(26)22-18(27)23-19)11-2-4-12(21)5-3-11/h2-8,25H,9H2,1H3,(H2,22,23,26,27)/t19-/m0/s1. The molecule has 0 saturated carbocycles. The third kappa shape index (κ3) is 2.73. The molecule has 1 aliphatic heterocycles. The fourth-order valence-electron chi connectivity index (χ4n) is 3.42. The SMILES string of the molecule is COc1cc2cn(C[C@@]3(c4ccc(F)cc4)NC(=O)NC3=O)c(O)c2cc1Cl. The smallest absolute Gasteiger partial charge is 0.322 e. The molecule has 2 heterocycles. The lowest BCUT2D eigenvalue weighted by Crippen LogP contribution is -2.47. The highest BCUT2D eigenvalue weighted by molar-refractivity contribution is 6.33. The number of rotatable bonds is 4. The van der Waals surface area contributed by atoms with Gasteiger partial charge in [0.25, 0.3) is 5.91 Å². The number of nitrogens with zero attached hydrogens (tertiary/aromatic N) is 1. The molecule has 2 aromatic carbocycles. The molecule has 1 atom stereocenters. The van der Waals surface area contributed by atoms with Gasteiger partial charge >= 0.3 is 6.03 Å². The molecule has 144 valence electrons. The topological polar surface area (TPSA) is 92.6 Å². The van der Waals surface area contributed by atoms with Crippen molar-refractivity contribution in [3.63, 3.8) is 0 Å². The van der Waals surface area contributed by atoms with E-state index in [2.05, 4.69) is 10.6 Å². The van der Waals surface area contributed by atoms with Crippen LogP contribution in [0, 0.1) is 5.82 Å². The summed E-state index contributed by atoms with van der Waals surface area (Å²) >= 11 is 6.13. The van der Waals surface area contributed by atoms with Crippen LogP contribution in [-0.2, 0) is 16.9 Å². The van der Waals surface area contributed by atoms with Crippen molar-refractivity contribution in [3.05, 3.63) is 59.0 Å². The number of hydrogen-bond donors (Lipinski definition) is 3. The maximum absolute atomic E-state index is 13.4. The molecule has 1 aliphatic rings. The first kappa shape index (κ1) is 18.1. The number of carbonyl (C=O) groups excluding carboxylic acids is 2.